The Morgan fingerprint density at radius 1 is 0.821 bits per heavy atom. The number of sulfonamides is 1. The summed E-state index contributed by atoms with van der Waals surface area (Å²) in [6.45, 7) is 1.50. The molecule has 1 heterocycles. The van der Waals surface area contributed by atoms with Gasteiger partial charge in [-0.25, -0.2) is 12.8 Å². The fraction of sp³-hybridized carbons (Fsp3) is 0.107. The highest BCUT2D eigenvalue weighted by Gasteiger charge is 2.33. The molecule has 0 spiro atoms. The van der Waals surface area contributed by atoms with Gasteiger partial charge in [-0.1, -0.05) is 30.3 Å². The first-order valence-corrected chi connectivity index (χ1v) is 13.0. The van der Waals surface area contributed by atoms with Crippen LogP contribution in [0.1, 0.15) is 11.3 Å². The minimum Gasteiger partial charge on any atom is -0.496 e. The second-order valence-electron chi connectivity index (χ2n) is 8.63. The van der Waals surface area contributed by atoms with Crippen molar-refractivity contribution in [3.05, 3.63) is 95.9 Å². The molecule has 0 unspecified atom stereocenters. The molecule has 0 bridgehead atoms. The van der Waals surface area contributed by atoms with E-state index < -0.39 is 27.6 Å². The van der Waals surface area contributed by atoms with Gasteiger partial charge >= 0.3 is 6.18 Å². The maximum atomic E-state index is 15.1. The Balaban J connectivity index is 1.47. The van der Waals surface area contributed by atoms with Gasteiger partial charge in [0, 0.05) is 34.0 Å². The molecular weight excluding hydrogens is 536 g/mol. The predicted molar refractivity (Wildman–Crippen MR) is 139 cm³/mol. The fourth-order valence-corrected chi connectivity index (χ4v) is 5.55. The number of hydrogen-bond acceptors (Lipinski definition) is 5. The number of methoxy groups -OCH3 is 1. The van der Waals surface area contributed by atoms with Crippen LogP contribution >= 0.6 is 0 Å². The van der Waals surface area contributed by atoms with Crippen LogP contribution in [0, 0.1) is 12.7 Å². The molecule has 4 aromatic carbocycles. The second-order valence-corrected chi connectivity index (χ2v) is 10.3. The highest BCUT2D eigenvalue weighted by molar-refractivity contribution is 7.93. The van der Waals surface area contributed by atoms with Gasteiger partial charge in [-0.3, -0.25) is 9.71 Å². The van der Waals surface area contributed by atoms with Gasteiger partial charge in [-0.15, -0.1) is 0 Å². The maximum absolute atomic E-state index is 15.1. The van der Waals surface area contributed by atoms with Gasteiger partial charge in [0.1, 0.15) is 11.5 Å². The number of halogens is 4. The third-order valence-electron chi connectivity index (χ3n) is 5.99. The topological polar surface area (TPSA) is 77.5 Å². The Morgan fingerprint density at radius 3 is 2.21 bits per heavy atom. The van der Waals surface area contributed by atoms with Crippen LogP contribution in [0.3, 0.4) is 0 Å². The molecule has 1 aromatic heterocycles. The van der Waals surface area contributed by atoms with Gasteiger partial charge in [-0.05, 0) is 43.3 Å². The van der Waals surface area contributed by atoms with Crippen LogP contribution in [0.25, 0.3) is 21.7 Å². The first-order valence-electron chi connectivity index (χ1n) is 11.5. The van der Waals surface area contributed by atoms with E-state index in [-0.39, 0.29) is 38.7 Å². The molecule has 0 fully saturated rings. The summed E-state index contributed by atoms with van der Waals surface area (Å²) in [7, 11) is -2.66. The minimum absolute atomic E-state index is 0.0273. The van der Waals surface area contributed by atoms with E-state index in [1.54, 1.807) is 24.3 Å². The van der Waals surface area contributed by atoms with Gasteiger partial charge in [-0.2, -0.15) is 13.2 Å². The summed E-state index contributed by atoms with van der Waals surface area (Å²) < 4.78 is 95.3. The number of ether oxygens (including phenoxy) is 2. The number of benzene rings is 4. The first kappa shape index (κ1) is 26.2. The summed E-state index contributed by atoms with van der Waals surface area (Å²) in [6, 6.07) is 18.0. The summed E-state index contributed by atoms with van der Waals surface area (Å²) in [5.74, 6) is -0.764. The van der Waals surface area contributed by atoms with Crippen molar-refractivity contribution in [2.45, 2.75) is 18.0 Å². The molecule has 0 aliphatic rings. The third-order valence-corrected chi connectivity index (χ3v) is 7.43. The lowest BCUT2D eigenvalue weighted by Crippen LogP contribution is -2.13. The van der Waals surface area contributed by atoms with Crippen LogP contribution in [0.15, 0.2) is 83.8 Å². The smallest absolute Gasteiger partial charge is 0.418 e. The molecule has 11 heteroatoms. The van der Waals surface area contributed by atoms with E-state index in [0.29, 0.717) is 16.5 Å². The number of aryl methyl sites for hydroxylation is 1. The summed E-state index contributed by atoms with van der Waals surface area (Å²) in [5.41, 5.74) is -1.10. The summed E-state index contributed by atoms with van der Waals surface area (Å²) in [6.07, 6.45) is -4.64. The largest absolute Gasteiger partial charge is 0.496 e. The van der Waals surface area contributed by atoms with Gasteiger partial charge in [0.2, 0.25) is 0 Å². The molecule has 6 nitrogen and oxygen atoms in total. The number of nitrogens with zero attached hydrogens (tertiary/aromatic N) is 1. The lowest BCUT2D eigenvalue weighted by atomic mass is 10.1. The average molecular weight is 557 g/mol. The molecule has 0 atom stereocenters. The Kier molecular flexibility index (Phi) is 6.55. The molecule has 5 aromatic rings. The number of nitrogens with one attached hydrogen (secondary N) is 1. The van der Waals surface area contributed by atoms with Crippen LogP contribution in [0.2, 0.25) is 0 Å². The zero-order chi connectivity index (χ0) is 27.9. The lowest BCUT2D eigenvalue weighted by molar-refractivity contribution is -0.136. The summed E-state index contributed by atoms with van der Waals surface area (Å²) in [4.78, 5) is 3.98. The number of para-hydroxylation sites is 1. The van der Waals surface area contributed by atoms with Crippen molar-refractivity contribution in [2.75, 3.05) is 11.8 Å². The molecule has 39 heavy (non-hydrogen) atoms. The van der Waals surface area contributed by atoms with Crippen molar-refractivity contribution in [1.82, 2.24) is 4.98 Å². The van der Waals surface area contributed by atoms with Gasteiger partial charge in [0.15, 0.2) is 11.6 Å². The van der Waals surface area contributed by atoms with Gasteiger partial charge in [0.05, 0.1) is 28.8 Å². The Bertz CT molecular complexity index is 1840. The van der Waals surface area contributed by atoms with Crippen molar-refractivity contribution in [2.24, 2.45) is 0 Å². The van der Waals surface area contributed by atoms with E-state index in [2.05, 4.69) is 9.71 Å². The van der Waals surface area contributed by atoms with E-state index in [4.69, 9.17) is 9.47 Å². The molecule has 0 amide bonds. The number of fused-ring (bicyclic) bond motifs is 2. The molecule has 200 valence electrons. The van der Waals surface area contributed by atoms with Crippen molar-refractivity contribution in [1.29, 1.82) is 0 Å². The average Bonchev–Trinajstić information content (AvgIpc) is 2.88. The standard InChI is InChI=1S/C28H20F4N2O4S/c1-16-14-25(20-8-5-9-21(27(20)33-16)28(30,31)32)38-24-11-10-17(15-22(24)29)34-39(35,36)26-13-12-23(37-2)18-6-3-4-7-19(18)26/h3-15,34H,1-2H3. The van der Waals surface area contributed by atoms with E-state index in [0.717, 1.165) is 12.1 Å². The molecular formula is C28H20F4N2O4S. The minimum atomic E-state index is -4.64. The summed E-state index contributed by atoms with van der Waals surface area (Å²) in [5, 5.41) is 1.06. The first-order chi connectivity index (χ1) is 18.5. The zero-order valence-corrected chi connectivity index (χ0v) is 21.3. The van der Waals surface area contributed by atoms with Crippen LogP contribution in [0.4, 0.5) is 23.2 Å². The fourth-order valence-electron chi connectivity index (χ4n) is 4.28. The Morgan fingerprint density at radius 2 is 1.51 bits per heavy atom. The van der Waals surface area contributed by atoms with Crippen LogP contribution in [0.5, 0.6) is 17.2 Å². The number of hydrogen-bond donors (Lipinski definition) is 1. The van der Waals surface area contributed by atoms with E-state index >= 15 is 4.39 Å². The van der Waals surface area contributed by atoms with Gasteiger partial charge < -0.3 is 9.47 Å². The molecule has 0 saturated heterocycles. The van der Waals surface area contributed by atoms with Gasteiger partial charge in [0.25, 0.3) is 10.0 Å². The third kappa shape index (κ3) is 5.05. The number of alkyl halides is 3. The lowest BCUT2D eigenvalue weighted by Gasteiger charge is -2.15. The van der Waals surface area contributed by atoms with E-state index in [1.807, 2.05) is 0 Å². The van der Waals surface area contributed by atoms with E-state index in [1.165, 1.54) is 56.5 Å². The Labute approximate surface area is 220 Å². The second kappa shape index (κ2) is 9.73. The summed E-state index contributed by atoms with van der Waals surface area (Å²) >= 11 is 0. The quantitative estimate of drug-likeness (QED) is 0.220. The number of rotatable bonds is 6. The number of aromatic nitrogens is 1. The maximum Gasteiger partial charge on any atom is 0.418 e. The molecule has 0 radical (unpaired) electrons. The zero-order valence-electron chi connectivity index (χ0n) is 20.5. The van der Waals surface area contributed by atoms with Crippen molar-refractivity contribution in [3.63, 3.8) is 0 Å². The van der Waals surface area contributed by atoms with Crippen LogP contribution in [-0.4, -0.2) is 20.5 Å². The molecule has 0 aliphatic heterocycles. The molecule has 0 saturated carbocycles. The highest BCUT2D eigenvalue weighted by atomic mass is 32.2. The highest BCUT2D eigenvalue weighted by Crippen LogP contribution is 2.39. The molecule has 1 N–H and O–H groups in total. The monoisotopic (exact) mass is 556 g/mol. The van der Waals surface area contributed by atoms with Crippen molar-refractivity contribution < 1.29 is 35.5 Å². The normalized spacial score (nSPS) is 12.1. The van der Waals surface area contributed by atoms with Crippen molar-refractivity contribution >= 4 is 37.4 Å². The van der Waals surface area contributed by atoms with Crippen LogP contribution in [-0.2, 0) is 16.2 Å². The molecule has 5 rings (SSSR count). The SMILES string of the molecule is COc1ccc(S(=O)(=O)Nc2ccc(Oc3cc(C)nc4c(C(F)(F)F)cccc34)c(F)c2)c2ccccc12. The van der Waals surface area contributed by atoms with Crippen LogP contribution < -0.4 is 14.2 Å². The molecule has 0 aliphatic carbocycles. The Hall–Kier alpha value is -4.38. The number of pyridine rings is 1. The van der Waals surface area contributed by atoms with E-state index in [9.17, 15) is 21.6 Å². The number of anilines is 1. The predicted octanol–water partition coefficient (Wildman–Crippen LogP) is 7.46. The van der Waals surface area contributed by atoms with Crippen molar-refractivity contribution in [3.8, 4) is 17.2 Å².